The van der Waals surface area contributed by atoms with Gasteiger partial charge in [0.1, 0.15) is 43.2 Å². The number of aliphatic hydroxyl groups is 5. The molecule has 0 aromatic rings. The summed E-state index contributed by atoms with van der Waals surface area (Å²) in [6, 6.07) is 0. The van der Waals surface area contributed by atoms with Crippen LogP contribution in [0.15, 0.2) is 24.3 Å². The number of ether oxygens (including phenoxy) is 2. The molecule has 1 fully saturated rings. The van der Waals surface area contributed by atoms with Crippen molar-refractivity contribution in [2.24, 2.45) is 0 Å². The Bertz CT molecular complexity index is 1090. The predicted molar refractivity (Wildman–Crippen MR) is 217 cm³/mol. The summed E-state index contributed by atoms with van der Waals surface area (Å²) >= 11 is 0. The van der Waals surface area contributed by atoms with Crippen LogP contribution in [0.2, 0.25) is 0 Å². The van der Waals surface area contributed by atoms with Crippen molar-refractivity contribution in [2.75, 3.05) is 13.2 Å². The Kier molecular flexibility index (Phi) is 31.0. The molecule has 0 amide bonds. The summed E-state index contributed by atoms with van der Waals surface area (Å²) in [6.07, 6.45) is 21.2. The van der Waals surface area contributed by atoms with Crippen molar-refractivity contribution in [1.82, 2.24) is 0 Å². The highest BCUT2D eigenvalue weighted by Crippen LogP contribution is 2.47. The van der Waals surface area contributed by atoms with Crippen molar-refractivity contribution in [3.8, 4) is 0 Å². The molecule has 14 heteroatoms. The number of carbonyl (C=O) groups excluding carboxylic acids is 2. The van der Waals surface area contributed by atoms with Gasteiger partial charge in [-0.2, -0.15) is 0 Å². The Morgan fingerprint density at radius 2 is 0.946 bits per heavy atom. The number of hydrogen-bond donors (Lipinski definition) is 6. The third-order valence-electron chi connectivity index (χ3n) is 10.0. The summed E-state index contributed by atoms with van der Waals surface area (Å²) in [6.45, 7) is 3.22. The maximum atomic E-state index is 12.8. The molecular formula is C42H77O13P. The van der Waals surface area contributed by atoms with E-state index < -0.39 is 75.7 Å². The van der Waals surface area contributed by atoms with E-state index in [9.17, 15) is 44.6 Å². The fourth-order valence-corrected chi connectivity index (χ4v) is 7.45. The Hall–Kier alpha value is -1.67. The monoisotopic (exact) mass is 821 g/mol. The number of allylic oxidation sites excluding steroid dienone is 4. The summed E-state index contributed by atoms with van der Waals surface area (Å²) in [5.74, 6) is -1.17. The molecule has 0 heterocycles. The first-order chi connectivity index (χ1) is 26.9. The average molecular weight is 821 g/mol. The normalized spacial score (nSPS) is 23.1. The van der Waals surface area contributed by atoms with Crippen LogP contribution >= 0.6 is 7.82 Å². The largest absolute Gasteiger partial charge is 0.472 e. The SMILES string of the molecule is CCCCC/C=C/CCCCCCCC(=O)O[C@@H](COC(=O)CC/C=C/CCCCCCCCCCCCC)COP(=O)(O)OC1C(O)C(O)C(O)[C@H](O)C1O. The van der Waals surface area contributed by atoms with Crippen LogP contribution in [0.25, 0.3) is 0 Å². The molecule has 56 heavy (non-hydrogen) atoms. The number of hydrogen-bond acceptors (Lipinski definition) is 12. The Morgan fingerprint density at radius 1 is 0.536 bits per heavy atom. The lowest BCUT2D eigenvalue weighted by atomic mass is 9.85. The Labute approximate surface area is 336 Å². The van der Waals surface area contributed by atoms with Crippen molar-refractivity contribution in [1.29, 1.82) is 0 Å². The average Bonchev–Trinajstić information content (AvgIpc) is 3.18. The summed E-state index contributed by atoms with van der Waals surface area (Å²) < 4.78 is 33.4. The number of unbranched alkanes of at least 4 members (excludes halogenated alkanes) is 19. The van der Waals surface area contributed by atoms with Gasteiger partial charge in [0.15, 0.2) is 6.10 Å². The second-order valence-electron chi connectivity index (χ2n) is 15.2. The first-order valence-electron chi connectivity index (χ1n) is 21.6. The molecular weight excluding hydrogens is 743 g/mol. The maximum absolute atomic E-state index is 12.8. The van der Waals surface area contributed by atoms with E-state index in [0.29, 0.717) is 12.8 Å². The van der Waals surface area contributed by atoms with E-state index in [1.165, 1.54) is 83.5 Å². The predicted octanol–water partition coefficient (Wildman–Crippen LogP) is 7.67. The van der Waals surface area contributed by atoms with Gasteiger partial charge in [0.05, 0.1) is 6.61 Å². The minimum Gasteiger partial charge on any atom is -0.462 e. The van der Waals surface area contributed by atoms with Gasteiger partial charge in [0, 0.05) is 12.8 Å². The van der Waals surface area contributed by atoms with E-state index >= 15 is 0 Å². The molecule has 328 valence electrons. The lowest BCUT2D eigenvalue weighted by Gasteiger charge is -2.41. The van der Waals surface area contributed by atoms with Crippen LogP contribution in [0.4, 0.5) is 0 Å². The second-order valence-corrected chi connectivity index (χ2v) is 16.6. The van der Waals surface area contributed by atoms with Gasteiger partial charge in [0.25, 0.3) is 0 Å². The number of esters is 2. The fourth-order valence-electron chi connectivity index (χ4n) is 6.48. The number of carbonyl (C=O) groups is 2. The first kappa shape index (κ1) is 52.3. The Balaban J connectivity index is 2.51. The highest BCUT2D eigenvalue weighted by molar-refractivity contribution is 7.47. The topological polar surface area (TPSA) is 210 Å². The summed E-state index contributed by atoms with van der Waals surface area (Å²) in [5, 5.41) is 50.0. The molecule has 6 unspecified atom stereocenters. The van der Waals surface area contributed by atoms with Crippen molar-refractivity contribution in [2.45, 2.75) is 217 Å². The van der Waals surface area contributed by atoms with Gasteiger partial charge >= 0.3 is 19.8 Å². The van der Waals surface area contributed by atoms with E-state index in [0.717, 1.165) is 51.4 Å². The molecule has 0 radical (unpaired) electrons. The third-order valence-corrected chi connectivity index (χ3v) is 11.0. The molecule has 0 aromatic carbocycles. The van der Waals surface area contributed by atoms with Crippen LogP contribution in [0.1, 0.15) is 174 Å². The van der Waals surface area contributed by atoms with Crippen molar-refractivity contribution < 1.29 is 63.1 Å². The smallest absolute Gasteiger partial charge is 0.462 e. The van der Waals surface area contributed by atoms with E-state index in [1.54, 1.807) is 0 Å². The lowest BCUT2D eigenvalue weighted by molar-refractivity contribution is -0.220. The number of phosphoric acid groups is 1. The van der Waals surface area contributed by atoms with Gasteiger partial charge in [-0.1, -0.05) is 134 Å². The molecule has 1 aliphatic rings. The quantitative estimate of drug-likeness (QED) is 0.0157. The molecule has 0 spiro atoms. The van der Waals surface area contributed by atoms with E-state index in [2.05, 4.69) is 32.1 Å². The number of phosphoric ester groups is 1. The first-order valence-corrected chi connectivity index (χ1v) is 23.1. The molecule has 6 N–H and O–H groups in total. The van der Waals surface area contributed by atoms with Gasteiger partial charge in [-0.3, -0.25) is 18.6 Å². The zero-order valence-electron chi connectivity index (χ0n) is 34.4. The molecule has 13 nitrogen and oxygen atoms in total. The lowest BCUT2D eigenvalue weighted by Crippen LogP contribution is -2.64. The van der Waals surface area contributed by atoms with Gasteiger partial charge in [-0.05, 0) is 51.4 Å². The third kappa shape index (κ3) is 25.6. The molecule has 1 saturated carbocycles. The standard InChI is InChI=1S/C42H77O13P/c1-3-5-7-9-11-13-15-17-18-19-21-22-24-26-28-30-35(43)52-32-34(54-36(44)31-29-27-25-23-20-16-14-12-10-8-6-4-2)33-53-56(50,51)55-42-40(48)38(46)37(45)39(47)41(42)49/h12,14,24,26,34,37-42,45-49H,3-11,13,15-23,25,27-33H2,1-2H3,(H,50,51)/b14-12+,26-24+/t34-,37?,38-,39?,40?,41?,42?/m0/s1. The molecule has 8 atom stereocenters. The van der Waals surface area contributed by atoms with Gasteiger partial charge in [-0.25, -0.2) is 4.57 Å². The number of rotatable bonds is 35. The highest BCUT2D eigenvalue weighted by atomic mass is 31.2. The molecule has 1 rings (SSSR count). The van der Waals surface area contributed by atoms with Gasteiger partial charge < -0.3 is 39.9 Å². The highest BCUT2D eigenvalue weighted by Gasteiger charge is 2.51. The van der Waals surface area contributed by atoms with Crippen LogP contribution < -0.4 is 0 Å². The van der Waals surface area contributed by atoms with Crippen molar-refractivity contribution in [3.05, 3.63) is 24.3 Å². The number of aliphatic hydroxyl groups excluding tert-OH is 5. The van der Waals surface area contributed by atoms with Crippen molar-refractivity contribution in [3.63, 3.8) is 0 Å². The van der Waals surface area contributed by atoms with Crippen LogP contribution in [0, 0.1) is 0 Å². The molecule has 0 bridgehead atoms. The maximum Gasteiger partial charge on any atom is 0.472 e. The van der Waals surface area contributed by atoms with Crippen LogP contribution in [0.3, 0.4) is 0 Å². The van der Waals surface area contributed by atoms with E-state index in [1.807, 2.05) is 6.08 Å². The van der Waals surface area contributed by atoms with Crippen LogP contribution in [-0.4, -0.2) is 98.3 Å². The van der Waals surface area contributed by atoms with Gasteiger partial charge in [-0.15, -0.1) is 0 Å². The van der Waals surface area contributed by atoms with Crippen LogP contribution in [-0.2, 0) is 32.7 Å². The Morgan fingerprint density at radius 3 is 1.46 bits per heavy atom. The minimum atomic E-state index is -5.12. The van der Waals surface area contributed by atoms with E-state index in [4.69, 9.17) is 18.5 Å². The zero-order chi connectivity index (χ0) is 41.4. The summed E-state index contributed by atoms with van der Waals surface area (Å²) in [4.78, 5) is 35.5. The molecule has 0 aliphatic heterocycles. The minimum absolute atomic E-state index is 0.0809. The summed E-state index contributed by atoms with van der Waals surface area (Å²) in [5.41, 5.74) is 0. The molecule has 0 aromatic heterocycles. The van der Waals surface area contributed by atoms with Crippen LogP contribution in [0.5, 0.6) is 0 Å². The fraction of sp³-hybridized carbons (Fsp3) is 0.857. The molecule has 1 aliphatic carbocycles. The van der Waals surface area contributed by atoms with Gasteiger partial charge in [0.2, 0.25) is 0 Å². The summed E-state index contributed by atoms with van der Waals surface area (Å²) in [7, 11) is -5.12. The zero-order valence-corrected chi connectivity index (χ0v) is 35.3. The van der Waals surface area contributed by atoms with E-state index in [-0.39, 0.29) is 12.8 Å². The van der Waals surface area contributed by atoms with Crippen molar-refractivity contribution >= 4 is 19.8 Å². The molecule has 0 saturated heterocycles. The second kappa shape index (κ2) is 33.2.